The number of benzene rings is 1. The Morgan fingerprint density at radius 3 is 2.32 bits per heavy atom. The number of aromatic nitrogens is 2. The molecule has 0 bridgehead atoms. The lowest BCUT2D eigenvalue weighted by Gasteiger charge is -2.20. The molecule has 0 aliphatic heterocycles. The second-order valence-electron chi connectivity index (χ2n) is 5.50. The topological polar surface area (TPSA) is 37.8 Å². The van der Waals surface area contributed by atoms with Gasteiger partial charge in [-0.1, -0.05) is 34.1 Å². The van der Waals surface area contributed by atoms with Gasteiger partial charge in [-0.15, -0.1) is 0 Å². The van der Waals surface area contributed by atoms with Crippen LogP contribution in [0, 0.1) is 0 Å². The van der Waals surface area contributed by atoms with Crippen LogP contribution < -0.4 is 5.32 Å². The van der Waals surface area contributed by atoms with Crippen LogP contribution in [0.25, 0.3) is 11.4 Å². The molecule has 0 aliphatic carbocycles. The van der Waals surface area contributed by atoms with Crippen LogP contribution in [0.5, 0.6) is 0 Å². The standard InChI is InChI=1S/C15H18BrN3/c1-15(2,3)19-10-11-8-17-14(18-9-11)12-6-4-5-7-13(12)16/h4-9,19H,10H2,1-3H3. The van der Waals surface area contributed by atoms with E-state index in [1.54, 1.807) is 0 Å². The molecule has 100 valence electrons. The maximum atomic E-state index is 4.43. The van der Waals surface area contributed by atoms with Gasteiger partial charge in [0.2, 0.25) is 0 Å². The zero-order chi connectivity index (χ0) is 13.9. The third-order valence-electron chi connectivity index (χ3n) is 2.64. The fourth-order valence-corrected chi connectivity index (χ4v) is 2.06. The molecule has 0 spiro atoms. The lowest BCUT2D eigenvalue weighted by Crippen LogP contribution is -2.35. The average molecular weight is 320 g/mol. The second-order valence-corrected chi connectivity index (χ2v) is 6.35. The monoisotopic (exact) mass is 319 g/mol. The van der Waals surface area contributed by atoms with E-state index in [1.807, 2.05) is 36.7 Å². The summed E-state index contributed by atoms with van der Waals surface area (Å²) < 4.78 is 1.01. The first-order valence-electron chi connectivity index (χ1n) is 6.26. The third kappa shape index (κ3) is 4.11. The summed E-state index contributed by atoms with van der Waals surface area (Å²) in [5, 5.41) is 3.42. The van der Waals surface area contributed by atoms with E-state index in [0.717, 1.165) is 28.0 Å². The fraction of sp³-hybridized carbons (Fsp3) is 0.333. The van der Waals surface area contributed by atoms with E-state index in [9.17, 15) is 0 Å². The molecule has 4 heteroatoms. The van der Waals surface area contributed by atoms with Crippen LogP contribution >= 0.6 is 15.9 Å². The van der Waals surface area contributed by atoms with Gasteiger partial charge in [-0.2, -0.15) is 0 Å². The van der Waals surface area contributed by atoms with Crippen LogP contribution in [0.2, 0.25) is 0 Å². The number of nitrogens with zero attached hydrogens (tertiary/aromatic N) is 2. The summed E-state index contributed by atoms with van der Waals surface area (Å²) >= 11 is 3.52. The van der Waals surface area contributed by atoms with Crippen molar-refractivity contribution in [1.82, 2.24) is 15.3 Å². The van der Waals surface area contributed by atoms with Crippen molar-refractivity contribution < 1.29 is 0 Å². The number of hydrogen-bond donors (Lipinski definition) is 1. The van der Waals surface area contributed by atoms with Crippen molar-refractivity contribution in [2.24, 2.45) is 0 Å². The van der Waals surface area contributed by atoms with Crippen LogP contribution in [-0.4, -0.2) is 15.5 Å². The molecule has 1 heterocycles. The summed E-state index contributed by atoms with van der Waals surface area (Å²) in [5.74, 6) is 0.743. The van der Waals surface area contributed by atoms with Crippen molar-refractivity contribution in [2.75, 3.05) is 0 Å². The summed E-state index contributed by atoms with van der Waals surface area (Å²) in [5.41, 5.74) is 2.20. The van der Waals surface area contributed by atoms with Gasteiger partial charge in [-0.25, -0.2) is 9.97 Å². The summed E-state index contributed by atoms with van der Waals surface area (Å²) in [6.45, 7) is 7.20. The molecule has 0 amide bonds. The molecule has 0 saturated heterocycles. The van der Waals surface area contributed by atoms with Crippen LogP contribution in [0.4, 0.5) is 0 Å². The molecule has 1 aromatic heterocycles. The first kappa shape index (κ1) is 14.2. The van der Waals surface area contributed by atoms with Crippen LogP contribution in [-0.2, 0) is 6.54 Å². The molecule has 3 nitrogen and oxygen atoms in total. The highest BCUT2D eigenvalue weighted by Crippen LogP contribution is 2.24. The maximum absolute atomic E-state index is 4.43. The minimum Gasteiger partial charge on any atom is -0.308 e. The molecule has 0 radical (unpaired) electrons. The van der Waals surface area contributed by atoms with Gasteiger partial charge < -0.3 is 5.32 Å². The molecule has 1 aromatic carbocycles. The van der Waals surface area contributed by atoms with Crippen LogP contribution in [0.1, 0.15) is 26.3 Å². The number of nitrogens with one attached hydrogen (secondary N) is 1. The molecular weight excluding hydrogens is 302 g/mol. The lowest BCUT2D eigenvalue weighted by molar-refractivity contribution is 0.423. The molecule has 2 rings (SSSR count). The molecule has 2 aromatic rings. The quantitative estimate of drug-likeness (QED) is 0.935. The van der Waals surface area contributed by atoms with E-state index in [4.69, 9.17) is 0 Å². The van der Waals surface area contributed by atoms with Crippen LogP contribution in [0.15, 0.2) is 41.1 Å². The fourth-order valence-electron chi connectivity index (χ4n) is 1.59. The van der Waals surface area contributed by atoms with Gasteiger partial charge in [0.1, 0.15) is 0 Å². The minimum atomic E-state index is 0.0983. The van der Waals surface area contributed by atoms with Crippen molar-refractivity contribution in [1.29, 1.82) is 0 Å². The van der Waals surface area contributed by atoms with Crippen molar-refractivity contribution in [3.05, 3.63) is 46.7 Å². The molecular formula is C15H18BrN3. The van der Waals surface area contributed by atoms with Gasteiger partial charge in [0, 0.05) is 40.1 Å². The predicted molar refractivity (Wildman–Crippen MR) is 81.8 cm³/mol. The first-order chi connectivity index (χ1) is 8.96. The van der Waals surface area contributed by atoms with E-state index in [0.29, 0.717) is 0 Å². The highest BCUT2D eigenvalue weighted by atomic mass is 79.9. The molecule has 0 atom stereocenters. The Labute approximate surface area is 122 Å². The Hall–Kier alpha value is -1.26. The van der Waals surface area contributed by atoms with Gasteiger partial charge in [0.25, 0.3) is 0 Å². The van der Waals surface area contributed by atoms with Gasteiger partial charge in [-0.05, 0) is 26.8 Å². The number of rotatable bonds is 3. The van der Waals surface area contributed by atoms with Crippen molar-refractivity contribution in [2.45, 2.75) is 32.9 Å². The van der Waals surface area contributed by atoms with E-state index >= 15 is 0 Å². The third-order valence-corrected chi connectivity index (χ3v) is 3.33. The highest BCUT2D eigenvalue weighted by Gasteiger charge is 2.09. The lowest BCUT2D eigenvalue weighted by atomic mass is 10.1. The zero-order valence-electron chi connectivity index (χ0n) is 11.4. The van der Waals surface area contributed by atoms with E-state index in [1.165, 1.54) is 0 Å². The normalized spacial score (nSPS) is 11.6. The Kier molecular flexibility index (Phi) is 4.32. The van der Waals surface area contributed by atoms with Gasteiger partial charge in [0.05, 0.1) is 0 Å². The second kappa shape index (κ2) is 5.80. The van der Waals surface area contributed by atoms with E-state index in [-0.39, 0.29) is 5.54 Å². The molecule has 0 unspecified atom stereocenters. The number of halogens is 1. The Morgan fingerprint density at radius 2 is 1.74 bits per heavy atom. The molecule has 0 saturated carbocycles. The molecule has 1 N–H and O–H groups in total. The average Bonchev–Trinajstić information content (AvgIpc) is 2.37. The summed E-state index contributed by atoms with van der Waals surface area (Å²) in [6, 6.07) is 7.97. The maximum Gasteiger partial charge on any atom is 0.160 e. The van der Waals surface area contributed by atoms with Crippen molar-refractivity contribution >= 4 is 15.9 Å². The summed E-state index contributed by atoms with van der Waals surface area (Å²) in [7, 11) is 0. The van der Waals surface area contributed by atoms with Crippen molar-refractivity contribution in [3.8, 4) is 11.4 Å². The Bertz CT molecular complexity index is 544. The van der Waals surface area contributed by atoms with Gasteiger partial charge >= 0.3 is 0 Å². The molecule has 0 fully saturated rings. The predicted octanol–water partition coefficient (Wildman–Crippen LogP) is 3.79. The zero-order valence-corrected chi connectivity index (χ0v) is 13.0. The van der Waals surface area contributed by atoms with Crippen molar-refractivity contribution in [3.63, 3.8) is 0 Å². The summed E-state index contributed by atoms with van der Waals surface area (Å²) in [4.78, 5) is 8.86. The smallest absolute Gasteiger partial charge is 0.160 e. The minimum absolute atomic E-state index is 0.0983. The van der Waals surface area contributed by atoms with Gasteiger partial charge in [0.15, 0.2) is 5.82 Å². The summed E-state index contributed by atoms with van der Waals surface area (Å²) in [6.07, 6.45) is 3.75. The first-order valence-corrected chi connectivity index (χ1v) is 7.06. The molecule has 19 heavy (non-hydrogen) atoms. The number of hydrogen-bond acceptors (Lipinski definition) is 3. The van der Waals surface area contributed by atoms with Crippen LogP contribution in [0.3, 0.4) is 0 Å². The van der Waals surface area contributed by atoms with Gasteiger partial charge in [-0.3, -0.25) is 0 Å². The Morgan fingerprint density at radius 1 is 1.11 bits per heavy atom. The van der Waals surface area contributed by atoms with E-state index < -0.39 is 0 Å². The SMILES string of the molecule is CC(C)(C)NCc1cnc(-c2ccccc2Br)nc1. The molecule has 0 aliphatic rings. The highest BCUT2D eigenvalue weighted by molar-refractivity contribution is 9.10. The Balaban J connectivity index is 2.13. The largest absolute Gasteiger partial charge is 0.308 e. The van der Waals surface area contributed by atoms with E-state index in [2.05, 4.69) is 52.0 Å².